The van der Waals surface area contributed by atoms with Gasteiger partial charge >= 0.3 is 5.97 Å². The van der Waals surface area contributed by atoms with Crippen LogP contribution in [0.5, 0.6) is 0 Å². The Morgan fingerprint density at radius 2 is 1.88 bits per heavy atom. The van der Waals surface area contributed by atoms with Gasteiger partial charge < -0.3 is 4.74 Å². The summed E-state index contributed by atoms with van der Waals surface area (Å²) in [4.78, 5) is 23.9. The van der Waals surface area contributed by atoms with E-state index in [1.807, 2.05) is 12.1 Å². The lowest BCUT2D eigenvalue weighted by Gasteiger charge is -2.07. The van der Waals surface area contributed by atoms with Gasteiger partial charge in [0.1, 0.15) is 5.56 Å². The van der Waals surface area contributed by atoms with E-state index < -0.39 is 5.97 Å². The molecule has 0 aliphatic rings. The van der Waals surface area contributed by atoms with E-state index in [0.717, 1.165) is 5.69 Å². The van der Waals surface area contributed by atoms with Crippen LogP contribution in [-0.2, 0) is 4.74 Å². The van der Waals surface area contributed by atoms with Gasteiger partial charge in [0, 0.05) is 29.2 Å². The van der Waals surface area contributed by atoms with Gasteiger partial charge in [0.2, 0.25) is 0 Å². The molecule has 3 aromatic rings. The first-order valence-corrected chi connectivity index (χ1v) is 8.10. The van der Waals surface area contributed by atoms with Crippen LogP contribution in [0, 0.1) is 6.92 Å². The van der Waals surface area contributed by atoms with E-state index in [1.165, 1.54) is 10.6 Å². The van der Waals surface area contributed by atoms with Crippen LogP contribution in [0.2, 0.25) is 5.02 Å². The van der Waals surface area contributed by atoms with Crippen molar-refractivity contribution in [1.29, 1.82) is 0 Å². The van der Waals surface area contributed by atoms with Crippen molar-refractivity contribution < 1.29 is 9.53 Å². The number of halogens is 1. The highest BCUT2D eigenvalue weighted by atomic mass is 35.5. The topological polar surface area (TPSA) is 66.1 Å². The number of nitrogens with zero attached hydrogens (tertiary/aromatic N) is 3. The number of carbonyl (C=O) groups excluding carboxylic acids is 1. The van der Waals surface area contributed by atoms with Gasteiger partial charge in [-0.25, -0.2) is 9.48 Å². The fourth-order valence-electron chi connectivity index (χ4n) is 2.44. The highest BCUT2D eigenvalue weighted by molar-refractivity contribution is 6.30. The van der Waals surface area contributed by atoms with E-state index in [0.29, 0.717) is 28.6 Å². The van der Waals surface area contributed by atoms with Gasteiger partial charge in [-0.3, -0.25) is 9.36 Å². The largest absolute Gasteiger partial charge is 0.462 e. The zero-order valence-corrected chi connectivity index (χ0v) is 14.5. The summed E-state index contributed by atoms with van der Waals surface area (Å²) in [6.45, 7) is 3.83. The SMILES string of the molecule is CCOC(=O)c1cn(-c2ccc(-n3ccc(Cl)cc3=O)cc2)nc1C. The molecule has 0 fully saturated rings. The van der Waals surface area contributed by atoms with Crippen LogP contribution in [0.1, 0.15) is 23.0 Å². The molecule has 25 heavy (non-hydrogen) atoms. The smallest absolute Gasteiger partial charge is 0.341 e. The van der Waals surface area contributed by atoms with Crippen LogP contribution >= 0.6 is 11.6 Å². The summed E-state index contributed by atoms with van der Waals surface area (Å²) < 4.78 is 8.12. The van der Waals surface area contributed by atoms with Crippen molar-refractivity contribution in [2.75, 3.05) is 6.61 Å². The van der Waals surface area contributed by atoms with Crippen LogP contribution in [0.25, 0.3) is 11.4 Å². The number of rotatable bonds is 4. The molecule has 0 unspecified atom stereocenters. The molecule has 2 aromatic heterocycles. The Balaban J connectivity index is 1.92. The van der Waals surface area contributed by atoms with E-state index in [1.54, 1.807) is 49.1 Å². The first kappa shape index (κ1) is 17.0. The lowest BCUT2D eigenvalue weighted by molar-refractivity contribution is 0.0525. The molecule has 2 heterocycles. The van der Waals surface area contributed by atoms with E-state index in [4.69, 9.17) is 16.3 Å². The second-order valence-electron chi connectivity index (χ2n) is 5.36. The quantitative estimate of drug-likeness (QED) is 0.673. The fourth-order valence-corrected chi connectivity index (χ4v) is 2.59. The van der Waals surface area contributed by atoms with Crippen molar-refractivity contribution >= 4 is 17.6 Å². The van der Waals surface area contributed by atoms with Crippen LogP contribution in [0.3, 0.4) is 0 Å². The summed E-state index contributed by atoms with van der Waals surface area (Å²) >= 11 is 5.81. The second kappa shape index (κ2) is 6.94. The number of ether oxygens (including phenoxy) is 1. The monoisotopic (exact) mass is 357 g/mol. The molecule has 0 atom stereocenters. The number of carbonyl (C=O) groups is 1. The van der Waals surface area contributed by atoms with Gasteiger partial charge in [-0.2, -0.15) is 5.10 Å². The Morgan fingerprint density at radius 3 is 2.52 bits per heavy atom. The van der Waals surface area contributed by atoms with Crippen molar-refractivity contribution in [3.8, 4) is 11.4 Å². The van der Waals surface area contributed by atoms with Gasteiger partial charge in [-0.1, -0.05) is 11.6 Å². The maximum Gasteiger partial charge on any atom is 0.341 e. The molecule has 0 radical (unpaired) electrons. The molecule has 128 valence electrons. The van der Waals surface area contributed by atoms with Crippen LogP contribution in [0.4, 0.5) is 0 Å². The second-order valence-corrected chi connectivity index (χ2v) is 5.80. The number of hydrogen-bond donors (Lipinski definition) is 0. The lowest BCUT2D eigenvalue weighted by atomic mass is 10.2. The summed E-state index contributed by atoms with van der Waals surface area (Å²) in [5.41, 5.74) is 2.29. The highest BCUT2D eigenvalue weighted by Gasteiger charge is 2.15. The Morgan fingerprint density at radius 1 is 1.20 bits per heavy atom. The molecule has 0 N–H and O–H groups in total. The molecule has 0 saturated carbocycles. The Bertz CT molecular complexity index is 974. The number of aromatic nitrogens is 3. The maximum atomic E-state index is 12.0. The zero-order valence-electron chi connectivity index (χ0n) is 13.8. The number of hydrogen-bond acceptors (Lipinski definition) is 4. The molecular weight excluding hydrogens is 342 g/mol. The third-order valence-electron chi connectivity index (χ3n) is 3.67. The third kappa shape index (κ3) is 3.49. The highest BCUT2D eigenvalue weighted by Crippen LogP contribution is 2.16. The molecule has 0 bridgehead atoms. The average molecular weight is 358 g/mol. The molecule has 0 amide bonds. The van der Waals surface area contributed by atoms with Gasteiger partial charge in [0.25, 0.3) is 5.56 Å². The third-order valence-corrected chi connectivity index (χ3v) is 3.90. The fraction of sp³-hybridized carbons (Fsp3) is 0.167. The van der Waals surface area contributed by atoms with E-state index in [2.05, 4.69) is 5.10 Å². The van der Waals surface area contributed by atoms with Gasteiger partial charge in [0.15, 0.2) is 0 Å². The Hall–Kier alpha value is -2.86. The first-order chi connectivity index (χ1) is 12.0. The standard InChI is InChI=1S/C18H16ClN3O3/c1-3-25-18(24)16-11-22(20-12(16)2)15-6-4-14(5-7-15)21-9-8-13(19)10-17(21)23/h4-11H,3H2,1-2H3. The molecule has 0 saturated heterocycles. The van der Waals surface area contributed by atoms with Crippen molar-refractivity contribution in [2.45, 2.75) is 13.8 Å². The minimum Gasteiger partial charge on any atom is -0.462 e. The lowest BCUT2D eigenvalue weighted by Crippen LogP contribution is -2.15. The number of pyridine rings is 1. The predicted octanol–water partition coefficient (Wildman–Crippen LogP) is 3.16. The summed E-state index contributed by atoms with van der Waals surface area (Å²) in [7, 11) is 0. The zero-order chi connectivity index (χ0) is 18.0. The molecule has 0 spiro atoms. The predicted molar refractivity (Wildman–Crippen MR) is 94.9 cm³/mol. The van der Waals surface area contributed by atoms with E-state index >= 15 is 0 Å². The summed E-state index contributed by atoms with van der Waals surface area (Å²) in [5, 5.41) is 4.75. The molecule has 0 aliphatic carbocycles. The van der Waals surface area contributed by atoms with Crippen LogP contribution < -0.4 is 5.56 Å². The van der Waals surface area contributed by atoms with Crippen molar-refractivity contribution in [2.24, 2.45) is 0 Å². The molecule has 7 heteroatoms. The number of benzene rings is 1. The molecule has 3 rings (SSSR count). The van der Waals surface area contributed by atoms with Gasteiger partial charge in [0.05, 0.1) is 18.0 Å². The average Bonchev–Trinajstić information content (AvgIpc) is 2.97. The maximum absolute atomic E-state index is 12.0. The van der Waals surface area contributed by atoms with E-state index in [-0.39, 0.29) is 5.56 Å². The Labute approximate surface area is 149 Å². The van der Waals surface area contributed by atoms with Crippen LogP contribution in [-0.4, -0.2) is 26.9 Å². The molecular formula is C18H16ClN3O3. The molecule has 6 nitrogen and oxygen atoms in total. The number of aryl methyl sites for hydroxylation is 1. The molecule has 1 aromatic carbocycles. The summed E-state index contributed by atoms with van der Waals surface area (Å²) in [6, 6.07) is 10.2. The minimum absolute atomic E-state index is 0.209. The summed E-state index contributed by atoms with van der Waals surface area (Å²) in [6.07, 6.45) is 3.26. The molecule has 0 aliphatic heterocycles. The summed E-state index contributed by atoms with van der Waals surface area (Å²) in [5.74, 6) is -0.393. The first-order valence-electron chi connectivity index (χ1n) is 7.72. The van der Waals surface area contributed by atoms with Crippen molar-refractivity contribution in [3.63, 3.8) is 0 Å². The van der Waals surface area contributed by atoms with Gasteiger partial charge in [-0.05, 0) is 44.2 Å². The normalized spacial score (nSPS) is 10.7. The minimum atomic E-state index is -0.393. The van der Waals surface area contributed by atoms with Crippen LogP contribution in [0.15, 0.2) is 53.6 Å². The van der Waals surface area contributed by atoms with Crippen molar-refractivity contribution in [3.05, 3.63) is 75.4 Å². The Kier molecular flexibility index (Phi) is 4.72. The van der Waals surface area contributed by atoms with Gasteiger partial charge in [-0.15, -0.1) is 0 Å². The number of esters is 1. The van der Waals surface area contributed by atoms with E-state index in [9.17, 15) is 9.59 Å². The van der Waals surface area contributed by atoms with Crippen molar-refractivity contribution in [1.82, 2.24) is 14.3 Å².